The average molecular weight is 1170 g/mol. The molecule has 0 saturated carbocycles. The SMILES string of the molecule is CCCCOC(=O)[C@H](C)OP(=O)(COCCCN1C(=O)N(Cc2ccc3c(c2)c(N(C(=O)OC(C)(C)C)C(=O)OC(C)(C)C)nn3C(=O)OC(C)(C)C)[C@H](Cc2ccccc2)[C@@H]2OC(C)(C)O[C@H]2[C@H]1Cc1ccccc1)Oc1ccccc1. The second-order valence-electron chi connectivity index (χ2n) is 24.2. The van der Waals surface area contributed by atoms with Crippen molar-refractivity contribution >= 4 is 54.6 Å². The molecule has 2 aliphatic rings. The van der Waals surface area contributed by atoms with Gasteiger partial charge in [-0.15, -0.1) is 5.10 Å². The fraction of sp³-hybridized carbons (Fsp3) is 0.516. The Hall–Kier alpha value is -6.83. The first-order chi connectivity index (χ1) is 39.0. The van der Waals surface area contributed by atoms with Gasteiger partial charge in [-0.1, -0.05) is 98.3 Å². The molecule has 0 aliphatic carbocycles. The number of hydrogen-bond donors (Lipinski definition) is 0. The van der Waals surface area contributed by atoms with Crippen molar-refractivity contribution in [3.63, 3.8) is 0 Å². The van der Waals surface area contributed by atoms with Gasteiger partial charge in [0, 0.05) is 25.1 Å². The highest BCUT2D eigenvalue weighted by Crippen LogP contribution is 2.50. The number of benzene rings is 4. The number of rotatable bonds is 21. The van der Waals surface area contributed by atoms with Gasteiger partial charge in [0.1, 0.15) is 34.8 Å². The molecule has 7 rings (SSSR count). The van der Waals surface area contributed by atoms with E-state index in [9.17, 15) is 23.7 Å². The summed E-state index contributed by atoms with van der Waals surface area (Å²) in [5.74, 6) is -1.80. The van der Waals surface area contributed by atoms with Crippen LogP contribution in [-0.4, -0.2) is 129 Å². The van der Waals surface area contributed by atoms with Crippen LogP contribution in [0.15, 0.2) is 109 Å². The van der Waals surface area contributed by atoms with E-state index >= 15 is 4.79 Å². The monoisotopic (exact) mass is 1170 g/mol. The number of aromatic nitrogens is 2. The number of ether oxygens (including phenoxy) is 7. The summed E-state index contributed by atoms with van der Waals surface area (Å²) in [6.07, 6.45) is -3.78. The minimum Gasteiger partial charge on any atom is -0.464 e. The molecule has 0 radical (unpaired) electrons. The van der Waals surface area contributed by atoms with Crippen LogP contribution in [0, 0.1) is 0 Å². The molecule has 4 amide bonds. The Bertz CT molecular complexity index is 3040. The van der Waals surface area contributed by atoms with Gasteiger partial charge in [-0.25, -0.2) is 28.5 Å². The molecule has 1 unspecified atom stereocenters. The zero-order valence-electron chi connectivity index (χ0n) is 50.2. The maximum Gasteiger partial charge on any atom is 0.435 e. The van der Waals surface area contributed by atoms with E-state index in [0.717, 1.165) is 22.2 Å². The maximum absolute atomic E-state index is 16.1. The van der Waals surface area contributed by atoms with Gasteiger partial charge in [-0.2, -0.15) is 9.58 Å². The molecule has 5 aromatic rings. The average Bonchev–Trinajstić information content (AvgIpc) is 2.06. The van der Waals surface area contributed by atoms with Crippen LogP contribution >= 0.6 is 7.60 Å². The van der Waals surface area contributed by atoms with Gasteiger partial charge in [0.15, 0.2) is 24.1 Å². The van der Waals surface area contributed by atoms with Gasteiger partial charge >= 0.3 is 37.9 Å². The molecule has 3 heterocycles. The third-order valence-electron chi connectivity index (χ3n) is 13.1. The van der Waals surface area contributed by atoms with E-state index in [2.05, 4.69) is 5.10 Å². The summed E-state index contributed by atoms with van der Waals surface area (Å²) in [6, 6.07) is 31.4. The molecule has 4 aromatic carbocycles. The molecular formula is C62H82N5O15P. The van der Waals surface area contributed by atoms with E-state index < -0.39 is 91.2 Å². The van der Waals surface area contributed by atoms with E-state index in [1.54, 1.807) is 121 Å². The molecule has 0 bridgehead atoms. The van der Waals surface area contributed by atoms with E-state index in [0.29, 0.717) is 29.7 Å². The van der Waals surface area contributed by atoms with Gasteiger partial charge < -0.3 is 47.5 Å². The maximum atomic E-state index is 16.1. The quantitative estimate of drug-likeness (QED) is 0.0289. The topological polar surface area (TPSA) is 213 Å². The molecular weight excluding hydrogens is 1090 g/mol. The minimum absolute atomic E-state index is 0.0140. The minimum atomic E-state index is -4.17. The molecule has 0 spiro atoms. The van der Waals surface area contributed by atoms with Gasteiger partial charge in [-0.3, -0.25) is 4.52 Å². The number of unbranched alkanes of at least 4 members (excludes halogenated alkanes) is 1. The second kappa shape index (κ2) is 26.8. The number of esters is 1. The predicted octanol–water partition coefficient (Wildman–Crippen LogP) is 12.9. The van der Waals surface area contributed by atoms with Gasteiger partial charge in [0.2, 0.25) is 0 Å². The number of anilines is 1. The number of carbonyl (C=O) groups excluding carboxylic acids is 5. The summed E-state index contributed by atoms with van der Waals surface area (Å²) >= 11 is 0. The summed E-state index contributed by atoms with van der Waals surface area (Å²) in [7, 11) is -4.17. The lowest BCUT2D eigenvalue weighted by Crippen LogP contribution is -2.52. The van der Waals surface area contributed by atoms with Crippen molar-refractivity contribution in [2.24, 2.45) is 0 Å². The zero-order chi connectivity index (χ0) is 60.5. The largest absolute Gasteiger partial charge is 0.464 e. The molecule has 20 nitrogen and oxygen atoms in total. The molecule has 2 aliphatic heterocycles. The highest BCUT2D eigenvalue weighted by molar-refractivity contribution is 7.54. The fourth-order valence-corrected chi connectivity index (χ4v) is 11.2. The van der Waals surface area contributed by atoms with Crippen molar-refractivity contribution in [1.29, 1.82) is 0 Å². The Morgan fingerprint density at radius 1 is 0.699 bits per heavy atom. The molecule has 2 fully saturated rings. The van der Waals surface area contributed by atoms with Gasteiger partial charge in [-0.05, 0) is 150 Å². The van der Waals surface area contributed by atoms with Crippen molar-refractivity contribution < 1.29 is 70.7 Å². The van der Waals surface area contributed by atoms with E-state index in [4.69, 9.17) is 42.2 Å². The number of para-hydroxylation sites is 1. The smallest absolute Gasteiger partial charge is 0.435 e. The summed E-state index contributed by atoms with van der Waals surface area (Å²) < 4.78 is 69.9. The Labute approximate surface area is 487 Å². The highest BCUT2D eigenvalue weighted by Gasteiger charge is 2.55. The molecule has 1 aromatic heterocycles. The number of fused-ring (bicyclic) bond motifs is 2. The van der Waals surface area contributed by atoms with Crippen LogP contribution in [-0.2, 0) is 66.4 Å². The Kier molecular flexibility index (Phi) is 20.6. The van der Waals surface area contributed by atoms with Crippen molar-refractivity contribution in [2.75, 3.05) is 31.0 Å². The number of carbonyl (C=O) groups is 5. The lowest BCUT2D eigenvalue weighted by Gasteiger charge is -2.37. The molecule has 2 saturated heterocycles. The van der Waals surface area contributed by atoms with Crippen molar-refractivity contribution in [1.82, 2.24) is 19.6 Å². The highest BCUT2D eigenvalue weighted by atomic mass is 31.2. The third kappa shape index (κ3) is 17.6. The standard InChI is InChI=1S/C62H82N5O15P/c1-14-15-36-75-54(68)42(2)81-83(73,82-46-30-23-18-24-31-46)41-74-35-25-34-64-49(38-43-26-19-16-20-27-43)51-52(77-62(12,13)76-51)50(39-44-28-21-17-22-29-44)65(55(64)69)40-45-32-33-48-47(37-45)53(63-67(48)58(72)80-61(9,10)11)66(56(70)78-59(3,4)5)57(71)79-60(6,7)8/h16-24,26-33,37,42,49-52H,14-15,25,34-36,38-41H2,1-13H3/t42-,49+,50+,51-,52-,83?/m0/s1. The van der Waals surface area contributed by atoms with Gasteiger partial charge in [0.25, 0.3) is 0 Å². The van der Waals surface area contributed by atoms with Crippen LogP contribution in [0.3, 0.4) is 0 Å². The van der Waals surface area contributed by atoms with Crippen LogP contribution in [0.2, 0.25) is 0 Å². The molecule has 6 atom stereocenters. The first-order valence-electron chi connectivity index (χ1n) is 28.3. The first kappa shape index (κ1) is 63.7. The number of imide groups is 1. The number of nitrogens with zero attached hydrogens (tertiary/aromatic N) is 5. The summed E-state index contributed by atoms with van der Waals surface area (Å²) in [6.45, 7) is 22.4. The first-order valence-corrected chi connectivity index (χ1v) is 30.0. The number of hydrogen-bond acceptors (Lipinski definition) is 16. The van der Waals surface area contributed by atoms with E-state index in [1.165, 1.54) is 6.92 Å². The van der Waals surface area contributed by atoms with Crippen molar-refractivity contribution in [3.05, 3.63) is 126 Å². The van der Waals surface area contributed by atoms with Crippen molar-refractivity contribution in [2.45, 2.75) is 182 Å². The second-order valence-corrected chi connectivity index (χ2v) is 26.1. The molecule has 0 N–H and O–H groups in total. The van der Waals surface area contributed by atoms with Crippen LogP contribution in [0.1, 0.15) is 126 Å². The Morgan fingerprint density at radius 2 is 1.23 bits per heavy atom. The zero-order valence-corrected chi connectivity index (χ0v) is 51.1. The van der Waals surface area contributed by atoms with E-state index in [1.807, 2.05) is 81.4 Å². The molecule has 450 valence electrons. The van der Waals surface area contributed by atoms with Crippen LogP contribution < -0.4 is 9.42 Å². The van der Waals surface area contributed by atoms with Crippen molar-refractivity contribution in [3.8, 4) is 5.75 Å². The number of amides is 4. The third-order valence-corrected chi connectivity index (χ3v) is 14.7. The van der Waals surface area contributed by atoms with Crippen LogP contribution in [0.5, 0.6) is 5.75 Å². The normalized spacial score (nSPS) is 19.3. The predicted molar refractivity (Wildman–Crippen MR) is 312 cm³/mol. The fourth-order valence-electron chi connectivity index (χ4n) is 9.69. The van der Waals surface area contributed by atoms with Crippen LogP contribution in [0.25, 0.3) is 10.9 Å². The lowest BCUT2D eigenvalue weighted by molar-refractivity contribution is -0.157. The van der Waals surface area contributed by atoms with Gasteiger partial charge in [0.05, 0.1) is 24.2 Å². The summed E-state index contributed by atoms with van der Waals surface area (Å²) in [5, 5.41) is 4.75. The lowest BCUT2D eigenvalue weighted by atomic mass is 9.91. The summed E-state index contributed by atoms with van der Waals surface area (Å²) in [4.78, 5) is 75.8. The van der Waals surface area contributed by atoms with Crippen LogP contribution in [0.4, 0.5) is 25.0 Å². The molecule has 83 heavy (non-hydrogen) atoms. The number of urea groups is 1. The van der Waals surface area contributed by atoms with E-state index in [-0.39, 0.29) is 61.2 Å². The summed E-state index contributed by atoms with van der Waals surface area (Å²) in [5.41, 5.74) is -0.515. The Morgan fingerprint density at radius 3 is 1.76 bits per heavy atom. The molecule has 21 heteroatoms. The Balaban J connectivity index is 1.30.